The number of aromatic nitrogens is 1. The highest BCUT2D eigenvalue weighted by Crippen LogP contribution is 2.24. The van der Waals surface area contributed by atoms with Crippen molar-refractivity contribution in [2.75, 3.05) is 39.3 Å². The fraction of sp³-hybridized carbons (Fsp3) is 0.273. The molecule has 1 saturated heterocycles. The molecule has 1 aromatic heterocycles. The highest BCUT2D eigenvalue weighted by molar-refractivity contribution is 5.83. The molecule has 2 heterocycles. The SMILES string of the molecule is N#Cc1cc2ccc(OCCN3CCNCC3)cc2n(-c2ccc([N+](=O)[O-])cc2)c1=O. The van der Waals surface area contributed by atoms with Crippen LogP contribution in [0.2, 0.25) is 0 Å². The Morgan fingerprint density at radius 3 is 2.55 bits per heavy atom. The molecule has 9 nitrogen and oxygen atoms in total. The molecule has 0 bridgehead atoms. The van der Waals surface area contributed by atoms with Crippen molar-refractivity contribution >= 4 is 16.6 Å². The second-order valence-corrected chi connectivity index (χ2v) is 7.24. The molecule has 0 spiro atoms. The van der Waals surface area contributed by atoms with Crippen LogP contribution in [0.3, 0.4) is 0 Å². The highest BCUT2D eigenvalue weighted by Gasteiger charge is 2.14. The van der Waals surface area contributed by atoms with Gasteiger partial charge in [-0.15, -0.1) is 0 Å². The molecule has 0 aliphatic carbocycles. The quantitative estimate of drug-likeness (QED) is 0.480. The Labute approximate surface area is 178 Å². The average Bonchev–Trinajstić information content (AvgIpc) is 2.79. The van der Waals surface area contributed by atoms with E-state index >= 15 is 0 Å². The predicted octanol–water partition coefficient (Wildman–Crippen LogP) is 2.05. The number of nitrogens with zero attached hydrogens (tertiary/aromatic N) is 4. The normalized spacial score (nSPS) is 14.3. The molecule has 0 saturated carbocycles. The molecule has 0 unspecified atom stereocenters. The molecule has 3 aromatic rings. The maximum Gasteiger partial charge on any atom is 0.273 e. The zero-order chi connectivity index (χ0) is 21.8. The first-order valence-corrected chi connectivity index (χ1v) is 9.97. The second kappa shape index (κ2) is 8.95. The molecule has 9 heteroatoms. The molecule has 2 aromatic carbocycles. The molecular formula is C22H21N5O4. The van der Waals surface area contributed by atoms with Gasteiger partial charge in [-0.05, 0) is 30.3 Å². The Bertz CT molecular complexity index is 1210. The van der Waals surface area contributed by atoms with E-state index in [1.165, 1.54) is 28.8 Å². The molecule has 158 valence electrons. The minimum Gasteiger partial charge on any atom is -0.492 e. The minimum atomic E-state index is -0.499. The minimum absolute atomic E-state index is 0.00164. The van der Waals surface area contributed by atoms with Gasteiger partial charge in [-0.25, -0.2) is 0 Å². The molecule has 31 heavy (non-hydrogen) atoms. The molecule has 1 fully saturated rings. The molecule has 0 amide bonds. The molecule has 1 N–H and O–H groups in total. The first-order valence-electron chi connectivity index (χ1n) is 9.97. The number of rotatable bonds is 6. The van der Waals surface area contributed by atoms with Crippen molar-refractivity contribution < 1.29 is 9.66 Å². The van der Waals surface area contributed by atoms with E-state index in [9.17, 15) is 20.2 Å². The lowest BCUT2D eigenvalue weighted by atomic mass is 10.1. The van der Waals surface area contributed by atoms with Crippen molar-refractivity contribution in [3.8, 4) is 17.5 Å². The van der Waals surface area contributed by atoms with E-state index in [-0.39, 0.29) is 11.3 Å². The van der Waals surface area contributed by atoms with Crippen LogP contribution in [0.25, 0.3) is 16.6 Å². The number of nitro groups is 1. The lowest BCUT2D eigenvalue weighted by molar-refractivity contribution is -0.384. The van der Waals surface area contributed by atoms with Gasteiger partial charge in [0.15, 0.2) is 0 Å². The standard InChI is InChI=1S/C22H21N5O4/c23-15-17-13-16-1-6-20(31-12-11-25-9-7-24-8-10-25)14-21(16)26(22(17)28)18-2-4-19(5-3-18)27(29)30/h1-6,13-14,24H,7-12H2. The largest absolute Gasteiger partial charge is 0.492 e. The number of nitrogens with one attached hydrogen (secondary N) is 1. The second-order valence-electron chi connectivity index (χ2n) is 7.24. The van der Waals surface area contributed by atoms with Crippen LogP contribution in [-0.2, 0) is 0 Å². The van der Waals surface area contributed by atoms with Gasteiger partial charge in [-0.1, -0.05) is 0 Å². The number of ether oxygens (including phenoxy) is 1. The fourth-order valence-corrected chi connectivity index (χ4v) is 3.66. The monoisotopic (exact) mass is 419 g/mol. The van der Waals surface area contributed by atoms with Crippen LogP contribution in [0.4, 0.5) is 5.69 Å². The van der Waals surface area contributed by atoms with Crippen LogP contribution in [0, 0.1) is 21.4 Å². The Kier molecular flexibility index (Phi) is 5.93. The van der Waals surface area contributed by atoms with Crippen molar-refractivity contribution in [3.05, 3.63) is 74.6 Å². The summed E-state index contributed by atoms with van der Waals surface area (Å²) >= 11 is 0. The van der Waals surface area contributed by atoms with Crippen LogP contribution in [0.15, 0.2) is 53.3 Å². The summed E-state index contributed by atoms with van der Waals surface area (Å²) in [7, 11) is 0. The maximum atomic E-state index is 12.9. The van der Waals surface area contributed by atoms with Gasteiger partial charge < -0.3 is 10.1 Å². The summed E-state index contributed by atoms with van der Waals surface area (Å²) in [4.78, 5) is 25.7. The summed E-state index contributed by atoms with van der Waals surface area (Å²) in [6.45, 7) is 5.23. The van der Waals surface area contributed by atoms with Gasteiger partial charge in [-0.2, -0.15) is 5.26 Å². The van der Waals surface area contributed by atoms with Gasteiger partial charge in [-0.3, -0.25) is 24.4 Å². The van der Waals surface area contributed by atoms with Crippen LogP contribution < -0.4 is 15.6 Å². The van der Waals surface area contributed by atoms with E-state index in [0.29, 0.717) is 28.9 Å². The summed E-state index contributed by atoms with van der Waals surface area (Å²) in [5, 5.41) is 24.3. The van der Waals surface area contributed by atoms with E-state index in [0.717, 1.165) is 32.7 Å². The number of nitro benzene ring substituents is 1. The summed E-state index contributed by atoms with van der Waals surface area (Å²) in [5.74, 6) is 0.613. The van der Waals surface area contributed by atoms with Crippen molar-refractivity contribution in [1.29, 1.82) is 5.26 Å². The average molecular weight is 419 g/mol. The van der Waals surface area contributed by atoms with E-state index in [1.54, 1.807) is 18.2 Å². The molecule has 0 radical (unpaired) electrons. The molecular weight excluding hydrogens is 398 g/mol. The summed E-state index contributed by atoms with van der Waals surface area (Å²) < 4.78 is 7.31. The number of piperazine rings is 1. The predicted molar refractivity (Wildman–Crippen MR) is 116 cm³/mol. The number of pyridine rings is 1. The Morgan fingerprint density at radius 2 is 1.87 bits per heavy atom. The Balaban J connectivity index is 1.68. The van der Waals surface area contributed by atoms with E-state index in [2.05, 4.69) is 10.2 Å². The smallest absolute Gasteiger partial charge is 0.273 e. The van der Waals surface area contributed by atoms with E-state index < -0.39 is 10.5 Å². The van der Waals surface area contributed by atoms with E-state index in [1.807, 2.05) is 12.1 Å². The zero-order valence-corrected chi connectivity index (χ0v) is 16.8. The fourth-order valence-electron chi connectivity index (χ4n) is 3.66. The van der Waals surface area contributed by atoms with Crippen molar-refractivity contribution in [2.45, 2.75) is 0 Å². The third kappa shape index (κ3) is 4.40. The molecule has 1 aliphatic rings. The first-order chi connectivity index (χ1) is 15.1. The summed E-state index contributed by atoms with van der Waals surface area (Å²) in [6, 6.07) is 14.5. The zero-order valence-electron chi connectivity index (χ0n) is 16.8. The number of hydrogen-bond donors (Lipinski definition) is 1. The highest BCUT2D eigenvalue weighted by atomic mass is 16.6. The number of fused-ring (bicyclic) bond motifs is 1. The van der Waals surface area contributed by atoms with Crippen LogP contribution in [-0.4, -0.2) is 53.7 Å². The first kappa shape index (κ1) is 20.5. The Morgan fingerprint density at radius 1 is 1.13 bits per heavy atom. The van der Waals surface area contributed by atoms with Crippen LogP contribution in [0.5, 0.6) is 5.75 Å². The van der Waals surface area contributed by atoms with Crippen molar-refractivity contribution in [1.82, 2.24) is 14.8 Å². The van der Waals surface area contributed by atoms with Gasteiger partial charge in [0.05, 0.1) is 10.4 Å². The lowest BCUT2D eigenvalue weighted by Crippen LogP contribution is -2.44. The third-order valence-corrected chi connectivity index (χ3v) is 5.30. The number of hydrogen-bond acceptors (Lipinski definition) is 7. The van der Waals surface area contributed by atoms with Crippen LogP contribution in [0.1, 0.15) is 5.56 Å². The molecule has 0 atom stereocenters. The van der Waals surface area contributed by atoms with Gasteiger partial charge in [0.1, 0.15) is 24.0 Å². The number of non-ortho nitro benzene ring substituents is 1. The topological polar surface area (TPSA) is 113 Å². The number of benzene rings is 2. The third-order valence-electron chi connectivity index (χ3n) is 5.30. The van der Waals surface area contributed by atoms with Gasteiger partial charge in [0.2, 0.25) is 0 Å². The van der Waals surface area contributed by atoms with Crippen LogP contribution >= 0.6 is 0 Å². The van der Waals surface area contributed by atoms with Gasteiger partial charge >= 0.3 is 0 Å². The number of nitriles is 1. The maximum absolute atomic E-state index is 12.9. The van der Waals surface area contributed by atoms with Crippen molar-refractivity contribution in [2.24, 2.45) is 0 Å². The lowest BCUT2D eigenvalue weighted by Gasteiger charge is -2.26. The molecule has 4 rings (SSSR count). The summed E-state index contributed by atoms with van der Waals surface area (Å²) in [6.07, 6.45) is 0. The van der Waals surface area contributed by atoms with Gasteiger partial charge in [0, 0.05) is 62.0 Å². The van der Waals surface area contributed by atoms with Crippen molar-refractivity contribution in [3.63, 3.8) is 0 Å². The van der Waals surface area contributed by atoms with Gasteiger partial charge in [0.25, 0.3) is 11.2 Å². The Hall–Kier alpha value is -3.74. The molecule has 1 aliphatic heterocycles. The van der Waals surface area contributed by atoms with E-state index in [4.69, 9.17) is 4.74 Å². The summed E-state index contributed by atoms with van der Waals surface area (Å²) in [5.41, 5.74) is 0.447.